The van der Waals surface area contributed by atoms with Crippen molar-refractivity contribution in [2.24, 2.45) is 0 Å². The smallest absolute Gasteiger partial charge is 0.159 e. The average Bonchev–Trinajstić information content (AvgIpc) is 2.68. The van der Waals surface area contributed by atoms with E-state index < -0.39 is 0 Å². The molecule has 2 rings (SSSR count). The van der Waals surface area contributed by atoms with Gasteiger partial charge in [0.05, 0.1) is 0 Å². The zero-order valence-electron chi connectivity index (χ0n) is 10.6. The minimum Gasteiger partial charge on any atom is -0.361 e. The number of benzene rings is 1. The summed E-state index contributed by atoms with van der Waals surface area (Å²) in [6, 6.07) is 5.83. The maximum atomic E-state index is 11.4. The standard InChI is InChI=1S/C14H18N2O/c1-10(17)11-4-5-14-13(8-11)12(9-15-14)6-7-16(2)3/h4-5,8-9,15H,6-7H2,1-3H3. The van der Waals surface area contributed by atoms with Gasteiger partial charge in [-0.3, -0.25) is 4.79 Å². The van der Waals surface area contributed by atoms with E-state index in [4.69, 9.17) is 0 Å². The van der Waals surface area contributed by atoms with Crippen LogP contribution in [0.25, 0.3) is 10.9 Å². The van der Waals surface area contributed by atoms with Gasteiger partial charge in [-0.05, 0) is 51.2 Å². The Morgan fingerprint density at radius 3 is 2.76 bits per heavy atom. The predicted octanol–water partition coefficient (Wildman–Crippen LogP) is 2.47. The molecule has 1 N–H and O–H groups in total. The Kier molecular flexibility index (Phi) is 3.29. The molecule has 1 heterocycles. The van der Waals surface area contributed by atoms with Gasteiger partial charge in [-0.1, -0.05) is 0 Å². The molecule has 0 spiro atoms. The second-order valence-corrected chi connectivity index (χ2v) is 4.68. The fourth-order valence-corrected chi connectivity index (χ4v) is 1.95. The maximum absolute atomic E-state index is 11.4. The number of nitrogens with zero attached hydrogens (tertiary/aromatic N) is 1. The van der Waals surface area contributed by atoms with Gasteiger partial charge in [0.1, 0.15) is 0 Å². The number of hydrogen-bond donors (Lipinski definition) is 1. The molecule has 1 aromatic heterocycles. The van der Waals surface area contributed by atoms with Crippen molar-refractivity contribution in [1.29, 1.82) is 0 Å². The van der Waals surface area contributed by atoms with Crippen LogP contribution < -0.4 is 0 Å². The maximum Gasteiger partial charge on any atom is 0.159 e. The molecule has 0 aliphatic carbocycles. The van der Waals surface area contributed by atoms with Crippen molar-refractivity contribution in [2.75, 3.05) is 20.6 Å². The third-order valence-corrected chi connectivity index (χ3v) is 3.00. The number of hydrogen-bond acceptors (Lipinski definition) is 2. The van der Waals surface area contributed by atoms with Crippen molar-refractivity contribution in [2.45, 2.75) is 13.3 Å². The Morgan fingerprint density at radius 2 is 2.12 bits per heavy atom. The minimum atomic E-state index is 0.117. The van der Waals surface area contributed by atoms with E-state index in [2.05, 4.69) is 24.0 Å². The first-order valence-electron chi connectivity index (χ1n) is 5.83. The molecule has 17 heavy (non-hydrogen) atoms. The van der Waals surface area contributed by atoms with Crippen LogP contribution in [0.15, 0.2) is 24.4 Å². The summed E-state index contributed by atoms with van der Waals surface area (Å²) < 4.78 is 0. The van der Waals surface area contributed by atoms with Crippen molar-refractivity contribution in [3.05, 3.63) is 35.5 Å². The lowest BCUT2D eigenvalue weighted by Gasteiger charge is -2.08. The molecule has 2 aromatic rings. The van der Waals surface area contributed by atoms with E-state index in [1.54, 1.807) is 6.92 Å². The van der Waals surface area contributed by atoms with Crippen molar-refractivity contribution in [3.8, 4) is 0 Å². The molecule has 0 atom stereocenters. The first-order valence-corrected chi connectivity index (χ1v) is 5.83. The third-order valence-electron chi connectivity index (χ3n) is 3.00. The van der Waals surface area contributed by atoms with Crippen LogP contribution in [0, 0.1) is 0 Å². The summed E-state index contributed by atoms with van der Waals surface area (Å²) in [5.41, 5.74) is 3.16. The molecule has 0 bridgehead atoms. The summed E-state index contributed by atoms with van der Waals surface area (Å²) in [7, 11) is 4.13. The number of nitrogens with one attached hydrogen (secondary N) is 1. The zero-order chi connectivity index (χ0) is 12.4. The van der Waals surface area contributed by atoms with Crippen LogP contribution in [0.2, 0.25) is 0 Å². The second kappa shape index (κ2) is 4.72. The largest absolute Gasteiger partial charge is 0.361 e. The lowest BCUT2D eigenvalue weighted by Crippen LogP contribution is -2.14. The van der Waals surface area contributed by atoms with E-state index in [1.807, 2.05) is 24.4 Å². The van der Waals surface area contributed by atoms with Crippen molar-refractivity contribution in [1.82, 2.24) is 9.88 Å². The number of ketones is 1. The molecule has 0 saturated carbocycles. The Balaban J connectivity index is 2.36. The van der Waals surface area contributed by atoms with E-state index in [1.165, 1.54) is 10.9 Å². The molecule has 3 nitrogen and oxygen atoms in total. The SMILES string of the molecule is CC(=O)c1ccc2[nH]cc(CCN(C)C)c2c1. The van der Waals surface area contributed by atoms with E-state index in [0.29, 0.717) is 0 Å². The quantitative estimate of drug-likeness (QED) is 0.819. The summed E-state index contributed by atoms with van der Waals surface area (Å²) in [5.74, 6) is 0.117. The average molecular weight is 230 g/mol. The van der Waals surface area contributed by atoms with Crippen molar-refractivity contribution >= 4 is 16.7 Å². The Bertz CT molecular complexity index is 540. The fourth-order valence-electron chi connectivity index (χ4n) is 1.95. The number of H-pyrrole nitrogens is 1. The molecule has 0 amide bonds. The fraction of sp³-hybridized carbons (Fsp3) is 0.357. The molecule has 0 aliphatic heterocycles. The van der Waals surface area contributed by atoms with Gasteiger partial charge in [0, 0.05) is 29.2 Å². The van der Waals surface area contributed by atoms with Gasteiger partial charge in [0.25, 0.3) is 0 Å². The Hall–Kier alpha value is -1.61. The highest BCUT2D eigenvalue weighted by Gasteiger charge is 2.07. The molecule has 3 heteroatoms. The van der Waals surface area contributed by atoms with E-state index in [-0.39, 0.29) is 5.78 Å². The number of carbonyl (C=O) groups excluding carboxylic acids is 1. The molecule has 0 radical (unpaired) electrons. The minimum absolute atomic E-state index is 0.117. The second-order valence-electron chi connectivity index (χ2n) is 4.68. The Labute approximate surface area is 101 Å². The first kappa shape index (κ1) is 11.9. The van der Waals surface area contributed by atoms with Crippen LogP contribution in [0.5, 0.6) is 0 Å². The van der Waals surface area contributed by atoms with Crippen molar-refractivity contribution < 1.29 is 4.79 Å². The summed E-state index contributed by atoms with van der Waals surface area (Å²) in [4.78, 5) is 16.8. The first-order chi connectivity index (χ1) is 8.08. The predicted molar refractivity (Wildman–Crippen MR) is 70.6 cm³/mol. The van der Waals surface area contributed by atoms with E-state index in [0.717, 1.165) is 24.0 Å². The molecule has 0 aliphatic rings. The van der Waals surface area contributed by atoms with Gasteiger partial charge in [0.2, 0.25) is 0 Å². The van der Waals surface area contributed by atoms with Gasteiger partial charge in [-0.2, -0.15) is 0 Å². The van der Waals surface area contributed by atoms with Crippen LogP contribution in [0.4, 0.5) is 0 Å². The van der Waals surface area contributed by atoms with Crippen LogP contribution in [-0.2, 0) is 6.42 Å². The number of aromatic nitrogens is 1. The lowest BCUT2D eigenvalue weighted by molar-refractivity contribution is 0.101. The molecule has 90 valence electrons. The topological polar surface area (TPSA) is 36.1 Å². The van der Waals surface area contributed by atoms with Gasteiger partial charge in [-0.15, -0.1) is 0 Å². The molecule has 1 aromatic carbocycles. The van der Waals surface area contributed by atoms with Crippen LogP contribution in [0.3, 0.4) is 0 Å². The molecular formula is C14H18N2O. The van der Waals surface area contributed by atoms with Crippen LogP contribution >= 0.6 is 0 Å². The van der Waals surface area contributed by atoms with E-state index >= 15 is 0 Å². The molecule has 0 unspecified atom stereocenters. The monoisotopic (exact) mass is 230 g/mol. The highest BCUT2D eigenvalue weighted by Crippen LogP contribution is 2.20. The van der Waals surface area contributed by atoms with Gasteiger partial charge >= 0.3 is 0 Å². The van der Waals surface area contributed by atoms with Crippen molar-refractivity contribution in [3.63, 3.8) is 0 Å². The van der Waals surface area contributed by atoms with Gasteiger partial charge < -0.3 is 9.88 Å². The third kappa shape index (κ3) is 2.56. The lowest BCUT2D eigenvalue weighted by atomic mass is 10.1. The van der Waals surface area contributed by atoms with Crippen LogP contribution in [-0.4, -0.2) is 36.3 Å². The van der Waals surface area contributed by atoms with Gasteiger partial charge in [0.15, 0.2) is 5.78 Å². The van der Waals surface area contributed by atoms with Crippen LogP contribution in [0.1, 0.15) is 22.8 Å². The molecule has 0 saturated heterocycles. The summed E-state index contributed by atoms with van der Waals surface area (Å²) in [6.45, 7) is 2.62. The highest BCUT2D eigenvalue weighted by molar-refractivity contribution is 5.98. The van der Waals surface area contributed by atoms with E-state index in [9.17, 15) is 4.79 Å². The zero-order valence-corrected chi connectivity index (χ0v) is 10.6. The number of Topliss-reactive ketones (excluding diaryl/α,β-unsaturated/α-hetero) is 1. The van der Waals surface area contributed by atoms with Gasteiger partial charge in [-0.25, -0.2) is 0 Å². The number of likely N-dealkylation sites (N-methyl/N-ethyl adjacent to an activating group) is 1. The number of fused-ring (bicyclic) bond motifs is 1. The number of rotatable bonds is 4. The molecule has 0 fully saturated rings. The highest BCUT2D eigenvalue weighted by atomic mass is 16.1. The Morgan fingerprint density at radius 1 is 1.35 bits per heavy atom. The summed E-state index contributed by atoms with van der Waals surface area (Å²) in [6.07, 6.45) is 3.03. The summed E-state index contributed by atoms with van der Waals surface area (Å²) >= 11 is 0. The summed E-state index contributed by atoms with van der Waals surface area (Å²) in [5, 5.41) is 1.17. The normalized spacial score (nSPS) is 11.3. The molecular weight excluding hydrogens is 212 g/mol. The number of aromatic amines is 1. The number of carbonyl (C=O) groups is 1.